The van der Waals surface area contributed by atoms with E-state index < -0.39 is 48.9 Å². The highest BCUT2D eigenvalue weighted by Gasteiger charge is 2.46. The molecule has 1 atom stereocenters. The molecule has 2 N–H and O–H groups in total. The van der Waals surface area contributed by atoms with Crippen LogP contribution in [0.1, 0.15) is 43.1 Å². The number of carbonyl (C=O) groups is 2. The van der Waals surface area contributed by atoms with E-state index in [0.717, 1.165) is 30.0 Å². The molecular weight excluding hydrogens is 413 g/mol. The predicted molar refractivity (Wildman–Crippen MR) is 96.5 cm³/mol. The van der Waals surface area contributed by atoms with Crippen LogP contribution < -0.4 is 15.4 Å². The molecule has 2 fully saturated rings. The van der Waals surface area contributed by atoms with Gasteiger partial charge in [-0.1, -0.05) is 6.92 Å². The molecule has 0 radical (unpaired) electrons. The van der Waals surface area contributed by atoms with Gasteiger partial charge in [-0.15, -0.1) is 0 Å². The first-order valence-corrected chi connectivity index (χ1v) is 9.42. The van der Waals surface area contributed by atoms with Crippen LogP contribution in [-0.4, -0.2) is 48.5 Å². The average molecular weight is 435 g/mol. The number of ether oxygens (including phenoxy) is 1. The third-order valence-corrected chi connectivity index (χ3v) is 5.41. The van der Waals surface area contributed by atoms with Crippen molar-refractivity contribution in [2.75, 3.05) is 24.6 Å². The lowest BCUT2D eigenvalue weighted by molar-refractivity contribution is -0.153. The van der Waals surface area contributed by atoms with Gasteiger partial charge >= 0.3 is 6.18 Å². The van der Waals surface area contributed by atoms with Crippen LogP contribution in [0.3, 0.4) is 0 Å². The van der Waals surface area contributed by atoms with Crippen LogP contribution in [0.4, 0.5) is 27.6 Å². The molecule has 1 saturated carbocycles. The van der Waals surface area contributed by atoms with Crippen molar-refractivity contribution in [3.05, 3.63) is 18.0 Å². The molecular formula is C19H22F5N3O3. The fourth-order valence-electron chi connectivity index (χ4n) is 3.76. The number of Topliss-reactive ketones (excluding diaryl/α,β-unsaturated/α-hetero) is 1. The van der Waals surface area contributed by atoms with Gasteiger partial charge in [0.05, 0.1) is 25.0 Å². The Morgan fingerprint density at radius 3 is 2.40 bits per heavy atom. The van der Waals surface area contributed by atoms with Crippen molar-refractivity contribution in [1.29, 1.82) is 0 Å². The Kier molecular flexibility index (Phi) is 5.68. The topological polar surface area (TPSA) is 85.5 Å². The van der Waals surface area contributed by atoms with E-state index in [2.05, 4.69) is 4.98 Å². The predicted octanol–water partition coefficient (Wildman–Crippen LogP) is 3.34. The minimum absolute atomic E-state index is 0.00177. The number of carbonyl (C=O) groups excluding carboxylic acids is 2. The third kappa shape index (κ3) is 5.37. The van der Waals surface area contributed by atoms with Crippen LogP contribution in [0, 0.1) is 11.3 Å². The Labute approximate surface area is 169 Å². The summed E-state index contributed by atoms with van der Waals surface area (Å²) in [6, 6.07) is 1.04. The first kappa shape index (κ1) is 22.2. The fourth-order valence-corrected chi connectivity index (χ4v) is 3.76. The van der Waals surface area contributed by atoms with Crippen molar-refractivity contribution in [3.63, 3.8) is 0 Å². The number of halogens is 5. The number of pyridine rings is 1. The maximum Gasteiger partial charge on any atom is 0.422 e. The van der Waals surface area contributed by atoms with Gasteiger partial charge in [0.1, 0.15) is 11.4 Å². The normalized spacial score (nSPS) is 20.3. The highest BCUT2D eigenvalue weighted by Crippen LogP contribution is 2.50. The van der Waals surface area contributed by atoms with Gasteiger partial charge in [-0.25, -0.2) is 8.78 Å². The van der Waals surface area contributed by atoms with Crippen LogP contribution in [0.5, 0.6) is 5.75 Å². The van der Waals surface area contributed by atoms with Gasteiger partial charge in [0.15, 0.2) is 12.4 Å². The van der Waals surface area contributed by atoms with Gasteiger partial charge in [-0.05, 0) is 24.2 Å². The van der Waals surface area contributed by atoms with E-state index in [0.29, 0.717) is 0 Å². The molecule has 1 amide bonds. The summed E-state index contributed by atoms with van der Waals surface area (Å²) >= 11 is 0. The van der Waals surface area contributed by atoms with Gasteiger partial charge in [0, 0.05) is 18.9 Å². The van der Waals surface area contributed by atoms with Gasteiger partial charge < -0.3 is 15.4 Å². The Balaban J connectivity index is 1.82. The minimum Gasteiger partial charge on any atom is -0.482 e. The number of nitrogens with two attached hydrogens (primary N) is 1. The van der Waals surface area contributed by atoms with Crippen molar-refractivity contribution in [1.82, 2.24) is 4.98 Å². The molecule has 166 valence electrons. The molecule has 30 heavy (non-hydrogen) atoms. The SMILES string of the molecule is CC(CC(N)=O)(CC(=O)c1cc(OCC(F)(F)F)c(N2CC(F)(F)C2)cn1)C1CC1. The molecule has 1 saturated heterocycles. The number of aromatic nitrogens is 1. The zero-order valence-electron chi connectivity index (χ0n) is 16.3. The first-order chi connectivity index (χ1) is 13.8. The van der Waals surface area contributed by atoms with Crippen LogP contribution in [0.25, 0.3) is 0 Å². The Morgan fingerprint density at radius 2 is 1.90 bits per heavy atom. The number of rotatable bonds is 9. The molecule has 11 heteroatoms. The molecule has 0 bridgehead atoms. The molecule has 2 aliphatic rings. The van der Waals surface area contributed by atoms with Crippen molar-refractivity contribution in [3.8, 4) is 5.75 Å². The van der Waals surface area contributed by atoms with Gasteiger partial charge in [-0.3, -0.25) is 14.6 Å². The quantitative estimate of drug-likeness (QED) is 0.475. The highest BCUT2D eigenvalue weighted by molar-refractivity contribution is 5.96. The lowest BCUT2D eigenvalue weighted by atomic mass is 9.76. The summed E-state index contributed by atoms with van der Waals surface area (Å²) in [7, 11) is 0. The summed E-state index contributed by atoms with van der Waals surface area (Å²) in [5.41, 5.74) is 4.44. The number of amides is 1. The van der Waals surface area contributed by atoms with E-state index in [1.165, 1.54) is 0 Å². The van der Waals surface area contributed by atoms with E-state index >= 15 is 0 Å². The fraction of sp³-hybridized carbons (Fsp3) is 0.632. The van der Waals surface area contributed by atoms with Crippen LogP contribution in [0.2, 0.25) is 0 Å². The number of anilines is 1. The molecule has 1 aliphatic carbocycles. The molecule has 2 heterocycles. The highest BCUT2D eigenvalue weighted by atomic mass is 19.4. The smallest absolute Gasteiger partial charge is 0.422 e. The molecule has 1 aromatic rings. The van der Waals surface area contributed by atoms with Crippen LogP contribution >= 0.6 is 0 Å². The lowest BCUT2D eigenvalue weighted by Crippen LogP contribution is -2.56. The summed E-state index contributed by atoms with van der Waals surface area (Å²) < 4.78 is 69.0. The molecule has 1 aliphatic heterocycles. The summed E-state index contributed by atoms with van der Waals surface area (Å²) in [6.07, 6.45) is -1.93. The summed E-state index contributed by atoms with van der Waals surface area (Å²) in [5, 5.41) is 0. The second-order valence-corrected chi connectivity index (χ2v) is 8.32. The maximum atomic E-state index is 13.2. The molecule has 6 nitrogen and oxygen atoms in total. The zero-order chi connectivity index (χ0) is 22.3. The molecule has 1 aromatic heterocycles. The Morgan fingerprint density at radius 1 is 1.27 bits per heavy atom. The number of primary amides is 1. The number of hydrogen-bond acceptors (Lipinski definition) is 5. The summed E-state index contributed by atoms with van der Waals surface area (Å²) in [5.74, 6) is -4.17. The van der Waals surface area contributed by atoms with Crippen LogP contribution in [-0.2, 0) is 4.79 Å². The molecule has 0 aromatic carbocycles. The molecule has 0 spiro atoms. The van der Waals surface area contributed by atoms with E-state index in [9.17, 15) is 31.5 Å². The number of hydrogen-bond donors (Lipinski definition) is 1. The number of nitrogens with zero attached hydrogens (tertiary/aromatic N) is 2. The summed E-state index contributed by atoms with van der Waals surface area (Å²) in [6.45, 7) is -1.22. The van der Waals surface area contributed by atoms with Crippen molar-refractivity contribution in [2.45, 2.75) is 44.7 Å². The van der Waals surface area contributed by atoms with Crippen molar-refractivity contribution in [2.24, 2.45) is 17.1 Å². The van der Waals surface area contributed by atoms with Gasteiger partial charge in [0.2, 0.25) is 5.91 Å². The monoisotopic (exact) mass is 435 g/mol. The standard InChI is InChI=1S/C19H22F5N3O3/c1-17(6-16(25)29,11-2-3-11)5-14(28)12-4-15(30-10-19(22,23)24)13(7-26-12)27-8-18(20,21)9-27/h4,7,11H,2-3,5-6,8-10H2,1H3,(H2,25,29). The minimum atomic E-state index is -4.64. The van der Waals surface area contributed by atoms with Gasteiger partial charge in [0.25, 0.3) is 5.92 Å². The Bertz CT molecular complexity index is 833. The average Bonchev–Trinajstić information content (AvgIpc) is 3.41. The lowest BCUT2D eigenvalue weighted by Gasteiger charge is -2.40. The van der Waals surface area contributed by atoms with E-state index in [-0.39, 0.29) is 35.9 Å². The van der Waals surface area contributed by atoms with Crippen molar-refractivity contribution < 1.29 is 36.3 Å². The largest absolute Gasteiger partial charge is 0.482 e. The van der Waals surface area contributed by atoms with Gasteiger partial charge in [-0.2, -0.15) is 13.2 Å². The first-order valence-electron chi connectivity index (χ1n) is 9.42. The van der Waals surface area contributed by atoms with Crippen LogP contribution in [0.15, 0.2) is 12.3 Å². The second kappa shape index (κ2) is 7.66. The van der Waals surface area contributed by atoms with E-state index in [1.54, 1.807) is 6.92 Å². The Hall–Kier alpha value is -2.46. The third-order valence-electron chi connectivity index (χ3n) is 5.41. The van der Waals surface area contributed by atoms with E-state index in [1.807, 2.05) is 0 Å². The van der Waals surface area contributed by atoms with Crippen molar-refractivity contribution >= 4 is 17.4 Å². The number of alkyl halides is 5. The molecule has 3 rings (SSSR count). The maximum absolute atomic E-state index is 13.2. The second-order valence-electron chi connectivity index (χ2n) is 8.32. The zero-order valence-corrected chi connectivity index (χ0v) is 16.3. The van der Waals surface area contributed by atoms with E-state index in [4.69, 9.17) is 10.5 Å². The summed E-state index contributed by atoms with van der Waals surface area (Å²) in [4.78, 5) is 29.3. The molecule has 1 unspecified atom stereocenters. The number of ketones is 1.